The first-order valence-corrected chi connectivity index (χ1v) is 4.93. The zero-order valence-electron chi connectivity index (χ0n) is 9.17. The maximum Gasteiger partial charge on any atom is 1.00 e. The topological polar surface area (TPSA) is 17.8 Å². The Morgan fingerprint density at radius 1 is 0.812 bits per heavy atom. The predicted molar refractivity (Wildman–Crippen MR) is 61.1 cm³/mol. The van der Waals surface area contributed by atoms with Gasteiger partial charge in [0.2, 0.25) is 0 Å². The van der Waals surface area contributed by atoms with Gasteiger partial charge in [0.05, 0.1) is 11.0 Å². The van der Waals surface area contributed by atoms with E-state index in [0.29, 0.717) is 0 Å². The quantitative estimate of drug-likeness (QED) is 0.526. The van der Waals surface area contributed by atoms with E-state index in [9.17, 15) is 0 Å². The molecule has 0 aliphatic carbocycles. The van der Waals surface area contributed by atoms with Gasteiger partial charge in [-0.05, 0) is 24.3 Å². The van der Waals surface area contributed by atoms with Gasteiger partial charge in [-0.25, -0.2) is 4.98 Å². The van der Waals surface area contributed by atoms with E-state index in [4.69, 9.17) is 0 Å². The van der Waals surface area contributed by atoms with E-state index in [0.717, 1.165) is 16.7 Å². The van der Waals surface area contributed by atoms with Gasteiger partial charge in [0.25, 0.3) is 0 Å². The normalized spacial score (nSPS) is 10.0. The summed E-state index contributed by atoms with van der Waals surface area (Å²) in [7, 11) is 0. The summed E-state index contributed by atoms with van der Waals surface area (Å²) in [5.74, 6) is 0. The van der Waals surface area contributed by atoms with E-state index < -0.39 is 0 Å². The molecule has 0 aliphatic rings. The molecule has 0 saturated carbocycles. The third-order valence-corrected chi connectivity index (χ3v) is 2.49. The number of imidazole rings is 1. The maximum atomic E-state index is 4.36. The first-order chi connectivity index (χ1) is 7.45. The number of rotatable bonds is 1. The standard InChI is InChI=1S/C13H10N2.Na/c1-2-6-11(7-3-1)15-10-14-12-8-4-5-9-13(12)15;/h1-10H;/q;+1. The van der Waals surface area contributed by atoms with Crippen molar-refractivity contribution in [2.45, 2.75) is 0 Å². The summed E-state index contributed by atoms with van der Waals surface area (Å²) in [6.45, 7) is 0. The summed E-state index contributed by atoms with van der Waals surface area (Å²) in [6.07, 6.45) is 1.86. The molecule has 3 aromatic rings. The predicted octanol–water partition coefficient (Wildman–Crippen LogP) is 0.0295. The first-order valence-electron chi connectivity index (χ1n) is 4.93. The van der Waals surface area contributed by atoms with E-state index in [1.54, 1.807) is 0 Å². The second kappa shape index (κ2) is 4.83. The summed E-state index contributed by atoms with van der Waals surface area (Å²) in [6, 6.07) is 18.4. The van der Waals surface area contributed by atoms with Gasteiger partial charge in [-0.1, -0.05) is 30.3 Å². The molecule has 0 radical (unpaired) electrons. The number of benzene rings is 2. The Morgan fingerprint density at radius 3 is 2.31 bits per heavy atom. The molecule has 0 bridgehead atoms. The van der Waals surface area contributed by atoms with Gasteiger partial charge in [-0.2, -0.15) is 0 Å². The molecule has 1 aromatic heterocycles. The number of para-hydroxylation sites is 3. The van der Waals surface area contributed by atoms with Crippen molar-refractivity contribution in [3.63, 3.8) is 0 Å². The van der Waals surface area contributed by atoms with Gasteiger partial charge < -0.3 is 0 Å². The van der Waals surface area contributed by atoms with Crippen LogP contribution in [0.1, 0.15) is 0 Å². The van der Waals surface area contributed by atoms with Crippen LogP contribution in [0.15, 0.2) is 60.9 Å². The molecule has 0 unspecified atom stereocenters. The maximum absolute atomic E-state index is 4.36. The Morgan fingerprint density at radius 2 is 1.50 bits per heavy atom. The number of fused-ring (bicyclic) bond motifs is 1. The van der Waals surface area contributed by atoms with Crippen LogP contribution in [0, 0.1) is 0 Å². The molecule has 3 heteroatoms. The Kier molecular flexibility index (Phi) is 3.44. The van der Waals surface area contributed by atoms with E-state index in [1.165, 1.54) is 0 Å². The SMILES string of the molecule is [Na+].c1ccc(-n2cnc3ccccc32)cc1. The zero-order valence-corrected chi connectivity index (χ0v) is 11.2. The summed E-state index contributed by atoms with van der Waals surface area (Å²) >= 11 is 0. The van der Waals surface area contributed by atoms with Crippen molar-refractivity contribution in [2.75, 3.05) is 0 Å². The molecule has 16 heavy (non-hydrogen) atoms. The Labute approximate surface area is 116 Å². The van der Waals surface area contributed by atoms with Crippen LogP contribution >= 0.6 is 0 Å². The van der Waals surface area contributed by atoms with Gasteiger partial charge in [0, 0.05) is 5.69 Å². The molecular formula is C13H10N2Na+. The summed E-state index contributed by atoms with van der Waals surface area (Å²) in [5.41, 5.74) is 3.32. The molecule has 0 amide bonds. The van der Waals surface area contributed by atoms with Crippen molar-refractivity contribution >= 4 is 11.0 Å². The number of aromatic nitrogens is 2. The van der Waals surface area contributed by atoms with E-state index in [1.807, 2.05) is 42.7 Å². The van der Waals surface area contributed by atoms with E-state index >= 15 is 0 Å². The van der Waals surface area contributed by atoms with Crippen LogP contribution in [0.5, 0.6) is 0 Å². The minimum absolute atomic E-state index is 0. The Hall–Kier alpha value is -1.09. The number of hydrogen-bond donors (Lipinski definition) is 0. The molecule has 1 heterocycles. The molecule has 72 valence electrons. The summed E-state index contributed by atoms with van der Waals surface area (Å²) in [5, 5.41) is 0. The van der Waals surface area contributed by atoms with Crippen LogP contribution in [0.3, 0.4) is 0 Å². The third-order valence-electron chi connectivity index (χ3n) is 2.49. The van der Waals surface area contributed by atoms with Crippen molar-refractivity contribution in [2.24, 2.45) is 0 Å². The Bertz CT molecular complexity index is 587. The fraction of sp³-hybridized carbons (Fsp3) is 0. The van der Waals surface area contributed by atoms with Crippen LogP contribution in [0.4, 0.5) is 0 Å². The minimum atomic E-state index is 0. The van der Waals surface area contributed by atoms with E-state index in [-0.39, 0.29) is 29.6 Å². The van der Waals surface area contributed by atoms with Crippen molar-refractivity contribution < 1.29 is 29.6 Å². The first kappa shape index (κ1) is 11.4. The van der Waals surface area contributed by atoms with Crippen LogP contribution in [-0.2, 0) is 0 Å². The van der Waals surface area contributed by atoms with Crippen LogP contribution in [0.2, 0.25) is 0 Å². The van der Waals surface area contributed by atoms with Crippen LogP contribution in [0.25, 0.3) is 16.7 Å². The summed E-state index contributed by atoms with van der Waals surface area (Å²) < 4.78 is 2.09. The largest absolute Gasteiger partial charge is 1.00 e. The molecule has 0 aliphatic heterocycles. The average Bonchev–Trinajstić information content (AvgIpc) is 2.74. The number of hydrogen-bond acceptors (Lipinski definition) is 1. The minimum Gasteiger partial charge on any atom is -0.299 e. The van der Waals surface area contributed by atoms with Crippen molar-refractivity contribution in [3.8, 4) is 5.69 Å². The fourth-order valence-electron chi connectivity index (χ4n) is 1.75. The number of nitrogens with zero attached hydrogens (tertiary/aromatic N) is 2. The molecule has 0 spiro atoms. The molecule has 0 atom stereocenters. The van der Waals surface area contributed by atoms with Crippen molar-refractivity contribution in [3.05, 3.63) is 60.9 Å². The van der Waals surface area contributed by atoms with Crippen LogP contribution < -0.4 is 29.6 Å². The molecule has 0 N–H and O–H groups in total. The molecule has 0 saturated heterocycles. The zero-order chi connectivity index (χ0) is 10.1. The van der Waals surface area contributed by atoms with Gasteiger partial charge in [-0.15, -0.1) is 0 Å². The fourth-order valence-corrected chi connectivity index (χ4v) is 1.75. The monoisotopic (exact) mass is 217 g/mol. The van der Waals surface area contributed by atoms with Gasteiger partial charge in [0.1, 0.15) is 6.33 Å². The van der Waals surface area contributed by atoms with Gasteiger partial charge in [0.15, 0.2) is 0 Å². The Balaban J connectivity index is 0.000000963. The average molecular weight is 217 g/mol. The van der Waals surface area contributed by atoms with Gasteiger partial charge >= 0.3 is 29.6 Å². The van der Waals surface area contributed by atoms with E-state index in [2.05, 4.69) is 27.8 Å². The van der Waals surface area contributed by atoms with Crippen molar-refractivity contribution in [1.82, 2.24) is 9.55 Å². The molecule has 0 fully saturated rings. The van der Waals surface area contributed by atoms with Gasteiger partial charge in [-0.3, -0.25) is 4.57 Å². The molecule has 2 nitrogen and oxygen atoms in total. The smallest absolute Gasteiger partial charge is 0.299 e. The third kappa shape index (κ3) is 1.92. The molecular weight excluding hydrogens is 207 g/mol. The molecule has 3 rings (SSSR count). The van der Waals surface area contributed by atoms with Crippen molar-refractivity contribution in [1.29, 1.82) is 0 Å². The second-order valence-corrected chi connectivity index (χ2v) is 3.44. The second-order valence-electron chi connectivity index (χ2n) is 3.44. The molecule has 2 aromatic carbocycles. The van der Waals surface area contributed by atoms with Crippen LogP contribution in [-0.4, -0.2) is 9.55 Å². The summed E-state index contributed by atoms with van der Waals surface area (Å²) in [4.78, 5) is 4.36.